The lowest BCUT2D eigenvalue weighted by Crippen LogP contribution is -2.29. The van der Waals surface area contributed by atoms with Gasteiger partial charge in [0.25, 0.3) is 0 Å². The summed E-state index contributed by atoms with van der Waals surface area (Å²) in [6.45, 7) is 2.43. The molecule has 1 N–H and O–H groups in total. The van der Waals surface area contributed by atoms with Crippen LogP contribution in [0.15, 0.2) is 54.0 Å². The molecule has 0 spiro atoms. The normalized spacial score (nSPS) is 14.2. The van der Waals surface area contributed by atoms with Crippen molar-refractivity contribution >= 4 is 28.7 Å². The van der Waals surface area contributed by atoms with Crippen LogP contribution in [0.2, 0.25) is 0 Å². The first-order valence-corrected chi connectivity index (χ1v) is 12.5. The Morgan fingerprint density at radius 1 is 0.921 bits per heavy atom. The number of nitrogens with zero attached hydrogens (tertiary/aromatic N) is 4. The molecule has 1 aliphatic rings. The van der Waals surface area contributed by atoms with Crippen LogP contribution in [0.25, 0.3) is 11.4 Å². The third kappa shape index (κ3) is 5.45. The van der Waals surface area contributed by atoms with E-state index in [9.17, 15) is 26.3 Å². The number of rotatable bonds is 4. The first kappa shape index (κ1) is 26.0. The summed E-state index contributed by atoms with van der Waals surface area (Å²) in [6, 6.07) is 8.79. The van der Waals surface area contributed by atoms with Gasteiger partial charge in [-0.3, -0.25) is 0 Å². The average Bonchev–Trinajstić information content (AvgIpc) is 3.18. The number of nitrogens with one attached hydrogen (secondary N) is 1. The van der Waals surface area contributed by atoms with Gasteiger partial charge in [-0.2, -0.15) is 26.3 Å². The van der Waals surface area contributed by atoms with Crippen molar-refractivity contribution in [2.45, 2.75) is 32.1 Å². The molecule has 1 aliphatic heterocycles. The SMILES string of the molecule is Cc1cc(-c2nc3c(c(Nc4ccc(C(F)(F)F)cc4)n2)CCN(c2ncccc2C(F)(F)F)CC3)cs1. The van der Waals surface area contributed by atoms with Crippen molar-refractivity contribution in [2.24, 2.45) is 0 Å². The van der Waals surface area contributed by atoms with Gasteiger partial charge >= 0.3 is 12.4 Å². The van der Waals surface area contributed by atoms with Crippen molar-refractivity contribution in [3.8, 4) is 11.4 Å². The molecule has 0 saturated heterocycles. The van der Waals surface area contributed by atoms with Crippen LogP contribution in [0.5, 0.6) is 0 Å². The Bertz CT molecular complexity index is 1450. The number of alkyl halides is 6. The number of hydrogen-bond donors (Lipinski definition) is 1. The average molecular weight is 550 g/mol. The molecule has 0 atom stereocenters. The summed E-state index contributed by atoms with van der Waals surface area (Å²) in [6.07, 6.45) is -7.03. The molecule has 0 aliphatic carbocycles. The van der Waals surface area contributed by atoms with Gasteiger partial charge in [0.1, 0.15) is 11.6 Å². The molecule has 198 valence electrons. The number of fused-ring (bicyclic) bond motifs is 1. The second-order valence-electron chi connectivity index (χ2n) is 8.83. The highest BCUT2D eigenvalue weighted by molar-refractivity contribution is 7.10. The molecule has 0 amide bonds. The maximum Gasteiger partial charge on any atom is 0.419 e. The molecule has 0 bridgehead atoms. The molecule has 3 aromatic heterocycles. The van der Waals surface area contributed by atoms with E-state index in [1.807, 2.05) is 18.4 Å². The van der Waals surface area contributed by atoms with Crippen molar-refractivity contribution in [2.75, 3.05) is 23.3 Å². The smallest absolute Gasteiger partial charge is 0.355 e. The zero-order valence-corrected chi connectivity index (χ0v) is 20.8. The maximum atomic E-state index is 13.7. The van der Waals surface area contributed by atoms with Crippen LogP contribution in [0.4, 0.5) is 43.7 Å². The fraction of sp³-hybridized carbons (Fsp3) is 0.269. The predicted octanol–water partition coefficient (Wildman–Crippen LogP) is 7.29. The largest absolute Gasteiger partial charge is 0.419 e. The van der Waals surface area contributed by atoms with E-state index in [0.717, 1.165) is 28.6 Å². The van der Waals surface area contributed by atoms with Crippen LogP contribution in [0.1, 0.15) is 27.3 Å². The standard InChI is InChI=1S/C26H21F6N5S/c1-15-13-16(14-38-15)22-35-21-9-12-37(24-20(26(30,31)32)3-2-10-33-24)11-8-19(21)23(36-22)34-18-6-4-17(5-7-18)25(27,28)29/h2-7,10,13-14H,8-9,11-12H2,1H3,(H,34,35,36). The van der Waals surface area contributed by atoms with Gasteiger partial charge in [0.2, 0.25) is 0 Å². The molecule has 1 aromatic carbocycles. The molecule has 4 heterocycles. The number of thiophene rings is 1. The summed E-state index contributed by atoms with van der Waals surface area (Å²) in [5.41, 5.74) is 0.973. The monoisotopic (exact) mass is 549 g/mol. The van der Waals surface area contributed by atoms with Crippen molar-refractivity contribution in [1.29, 1.82) is 0 Å². The third-order valence-corrected chi connectivity index (χ3v) is 7.06. The number of pyridine rings is 1. The minimum atomic E-state index is -4.55. The molecule has 4 aromatic rings. The Balaban J connectivity index is 1.51. The van der Waals surface area contributed by atoms with Gasteiger partial charge in [-0.05, 0) is 55.8 Å². The number of aryl methyl sites for hydroxylation is 1. The lowest BCUT2D eigenvalue weighted by Gasteiger charge is -2.24. The lowest BCUT2D eigenvalue weighted by molar-refractivity contribution is -0.138. The minimum Gasteiger partial charge on any atom is -0.355 e. The number of hydrogen-bond acceptors (Lipinski definition) is 6. The van der Waals surface area contributed by atoms with Gasteiger partial charge in [-0.25, -0.2) is 15.0 Å². The molecule has 0 saturated carbocycles. The van der Waals surface area contributed by atoms with Crippen molar-refractivity contribution in [1.82, 2.24) is 15.0 Å². The van der Waals surface area contributed by atoms with E-state index in [0.29, 0.717) is 41.4 Å². The van der Waals surface area contributed by atoms with Crippen molar-refractivity contribution in [3.63, 3.8) is 0 Å². The molecule has 12 heteroatoms. The molecular weight excluding hydrogens is 528 g/mol. The Labute approximate surface area is 218 Å². The highest BCUT2D eigenvalue weighted by Crippen LogP contribution is 2.37. The number of aromatic nitrogens is 3. The highest BCUT2D eigenvalue weighted by Gasteiger charge is 2.36. The third-order valence-electron chi connectivity index (χ3n) is 6.20. The molecule has 0 fully saturated rings. The Morgan fingerprint density at radius 3 is 2.32 bits per heavy atom. The van der Waals surface area contributed by atoms with Crippen LogP contribution in [0.3, 0.4) is 0 Å². The van der Waals surface area contributed by atoms with Gasteiger partial charge in [-0.15, -0.1) is 11.3 Å². The van der Waals surface area contributed by atoms with E-state index in [1.165, 1.54) is 35.7 Å². The topological polar surface area (TPSA) is 53.9 Å². The van der Waals surface area contributed by atoms with E-state index in [1.54, 1.807) is 4.90 Å². The number of halogens is 6. The predicted molar refractivity (Wildman–Crippen MR) is 134 cm³/mol. The van der Waals surface area contributed by atoms with Crippen LogP contribution in [-0.2, 0) is 25.2 Å². The van der Waals surface area contributed by atoms with E-state index in [-0.39, 0.29) is 18.9 Å². The maximum absolute atomic E-state index is 13.7. The van der Waals surface area contributed by atoms with E-state index in [4.69, 9.17) is 4.98 Å². The molecular formula is C26H21F6N5S. The molecule has 38 heavy (non-hydrogen) atoms. The second-order valence-corrected chi connectivity index (χ2v) is 9.94. The van der Waals surface area contributed by atoms with E-state index in [2.05, 4.69) is 15.3 Å². The number of benzene rings is 1. The summed E-state index contributed by atoms with van der Waals surface area (Å²) in [4.78, 5) is 16.1. The summed E-state index contributed by atoms with van der Waals surface area (Å²) in [5, 5.41) is 5.02. The second kappa shape index (κ2) is 9.90. The van der Waals surface area contributed by atoms with Crippen molar-refractivity contribution < 1.29 is 26.3 Å². The molecule has 0 radical (unpaired) electrons. The van der Waals surface area contributed by atoms with Gasteiger partial charge < -0.3 is 10.2 Å². The summed E-state index contributed by atoms with van der Waals surface area (Å²) in [7, 11) is 0. The quantitative estimate of drug-likeness (QED) is 0.271. The first-order valence-electron chi connectivity index (χ1n) is 11.7. The summed E-state index contributed by atoms with van der Waals surface area (Å²) in [5.74, 6) is 0.698. The van der Waals surface area contributed by atoms with Crippen molar-refractivity contribution in [3.05, 3.63) is 81.3 Å². The van der Waals surface area contributed by atoms with Crippen LogP contribution < -0.4 is 10.2 Å². The first-order chi connectivity index (χ1) is 18.0. The molecule has 0 unspecified atom stereocenters. The minimum absolute atomic E-state index is 0.147. The summed E-state index contributed by atoms with van der Waals surface area (Å²) >= 11 is 1.53. The Kier molecular flexibility index (Phi) is 6.76. The highest BCUT2D eigenvalue weighted by atomic mass is 32.1. The van der Waals surface area contributed by atoms with Gasteiger partial charge in [-0.1, -0.05) is 0 Å². The zero-order chi connectivity index (χ0) is 27.1. The fourth-order valence-electron chi connectivity index (χ4n) is 4.35. The van der Waals surface area contributed by atoms with E-state index < -0.39 is 23.5 Å². The van der Waals surface area contributed by atoms with Gasteiger partial charge in [0.05, 0.1) is 16.8 Å². The number of anilines is 3. The van der Waals surface area contributed by atoms with Gasteiger partial charge in [0, 0.05) is 52.8 Å². The molecule has 5 nitrogen and oxygen atoms in total. The van der Waals surface area contributed by atoms with E-state index >= 15 is 0 Å². The fourth-order valence-corrected chi connectivity index (χ4v) is 5.04. The summed E-state index contributed by atoms with van der Waals surface area (Å²) < 4.78 is 80.0. The van der Waals surface area contributed by atoms with Crippen LogP contribution >= 0.6 is 11.3 Å². The Morgan fingerprint density at radius 2 is 1.66 bits per heavy atom. The molecule has 5 rings (SSSR count). The van der Waals surface area contributed by atoms with Gasteiger partial charge in [0.15, 0.2) is 5.82 Å². The van der Waals surface area contributed by atoms with Crippen LogP contribution in [0, 0.1) is 6.92 Å². The zero-order valence-electron chi connectivity index (χ0n) is 20.0. The Hall–Kier alpha value is -3.67. The lowest BCUT2D eigenvalue weighted by atomic mass is 10.1. The van der Waals surface area contributed by atoms with Crippen LogP contribution in [-0.4, -0.2) is 28.0 Å².